The maximum atomic E-state index is 3.61. The predicted molar refractivity (Wildman–Crippen MR) is 91.2 cm³/mol. The van der Waals surface area contributed by atoms with Gasteiger partial charge in [-0.25, -0.2) is 0 Å². The van der Waals surface area contributed by atoms with Crippen LogP contribution in [0.4, 0.5) is 5.69 Å². The topological polar surface area (TPSA) is 3.24 Å². The number of anilines is 1. The standard InChI is InChI=1S/C16H23Br2N/c1-16(2,3)13-6-8-19(9-7-13)15-5-4-14(18)10-12(15)11-17/h4-5,10,13H,6-9,11H2,1-3H3. The third-order valence-electron chi connectivity index (χ3n) is 4.25. The summed E-state index contributed by atoms with van der Waals surface area (Å²) in [4.78, 5) is 2.55. The largest absolute Gasteiger partial charge is 0.371 e. The average Bonchev–Trinajstić information content (AvgIpc) is 2.37. The first-order valence-corrected chi connectivity index (χ1v) is 8.92. The highest BCUT2D eigenvalue weighted by atomic mass is 79.9. The van der Waals surface area contributed by atoms with E-state index in [1.54, 1.807) is 0 Å². The molecular formula is C16H23Br2N. The summed E-state index contributed by atoms with van der Waals surface area (Å²) < 4.78 is 1.16. The van der Waals surface area contributed by atoms with Crippen molar-refractivity contribution in [2.45, 2.75) is 38.9 Å². The van der Waals surface area contributed by atoms with Gasteiger partial charge in [-0.1, -0.05) is 52.6 Å². The fourth-order valence-electron chi connectivity index (χ4n) is 2.96. The molecule has 0 atom stereocenters. The van der Waals surface area contributed by atoms with Crippen molar-refractivity contribution in [2.75, 3.05) is 18.0 Å². The van der Waals surface area contributed by atoms with Crippen LogP contribution in [0.5, 0.6) is 0 Å². The maximum absolute atomic E-state index is 3.61. The van der Waals surface area contributed by atoms with E-state index in [0.717, 1.165) is 15.7 Å². The van der Waals surface area contributed by atoms with Crippen molar-refractivity contribution >= 4 is 37.5 Å². The van der Waals surface area contributed by atoms with Crippen molar-refractivity contribution in [3.63, 3.8) is 0 Å². The van der Waals surface area contributed by atoms with Gasteiger partial charge in [-0.3, -0.25) is 0 Å². The van der Waals surface area contributed by atoms with Crippen LogP contribution in [0.2, 0.25) is 0 Å². The van der Waals surface area contributed by atoms with Gasteiger partial charge in [-0.15, -0.1) is 0 Å². The molecule has 19 heavy (non-hydrogen) atoms. The molecule has 1 saturated heterocycles. The molecule has 1 fully saturated rings. The molecule has 2 rings (SSSR count). The van der Waals surface area contributed by atoms with E-state index in [1.165, 1.54) is 37.2 Å². The molecule has 1 heterocycles. The first-order chi connectivity index (χ1) is 8.91. The molecular weight excluding hydrogens is 366 g/mol. The molecule has 1 aromatic rings. The van der Waals surface area contributed by atoms with Crippen molar-refractivity contribution in [2.24, 2.45) is 11.3 Å². The molecule has 0 amide bonds. The summed E-state index contributed by atoms with van der Waals surface area (Å²) in [5, 5.41) is 0.918. The fraction of sp³-hybridized carbons (Fsp3) is 0.625. The van der Waals surface area contributed by atoms with Gasteiger partial charge in [0.25, 0.3) is 0 Å². The molecule has 0 saturated carbocycles. The van der Waals surface area contributed by atoms with Crippen LogP contribution in [0.3, 0.4) is 0 Å². The number of nitrogens with zero attached hydrogens (tertiary/aromatic N) is 1. The van der Waals surface area contributed by atoms with Crippen molar-refractivity contribution in [1.29, 1.82) is 0 Å². The smallest absolute Gasteiger partial charge is 0.0408 e. The van der Waals surface area contributed by atoms with E-state index < -0.39 is 0 Å². The van der Waals surface area contributed by atoms with Crippen LogP contribution in [0, 0.1) is 11.3 Å². The SMILES string of the molecule is CC(C)(C)C1CCN(c2ccc(Br)cc2CBr)CC1. The number of halogens is 2. The number of rotatable bonds is 2. The van der Waals surface area contributed by atoms with Gasteiger partial charge in [0, 0.05) is 28.6 Å². The molecule has 1 nitrogen and oxygen atoms in total. The Balaban J connectivity index is 2.10. The summed E-state index contributed by atoms with van der Waals surface area (Å²) in [6.45, 7) is 9.48. The minimum atomic E-state index is 0.448. The highest BCUT2D eigenvalue weighted by molar-refractivity contribution is 9.10. The first-order valence-electron chi connectivity index (χ1n) is 7.01. The van der Waals surface area contributed by atoms with Gasteiger partial charge in [-0.05, 0) is 47.9 Å². The van der Waals surface area contributed by atoms with Crippen molar-refractivity contribution in [1.82, 2.24) is 0 Å². The lowest BCUT2D eigenvalue weighted by molar-refractivity contribution is 0.199. The Kier molecular flexibility index (Phi) is 4.99. The Morgan fingerprint density at radius 2 is 1.84 bits per heavy atom. The van der Waals surface area contributed by atoms with E-state index in [-0.39, 0.29) is 0 Å². The molecule has 1 aliphatic heterocycles. The van der Waals surface area contributed by atoms with Crippen LogP contribution in [0.1, 0.15) is 39.2 Å². The Hall–Kier alpha value is -0.0200. The monoisotopic (exact) mass is 387 g/mol. The van der Waals surface area contributed by atoms with E-state index in [4.69, 9.17) is 0 Å². The molecule has 0 spiro atoms. The number of hydrogen-bond acceptors (Lipinski definition) is 1. The quantitative estimate of drug-likeness (QED) is 0.595. The third kappa shape index (κ3) is 3.75. The summed E-state index contributed by atoms with van der Waals surface area (Å²) in [7, 11) is 0. The summed E-state index contributed by atoms with van der Waals surface area (Å²) in [5.41, 5.74) is 3.22. The Bertz CT molecular complexity index is 429. The molecule has 0 unspecified atom stereocenters. The minimum absolute atomic E-state index is 0.448. The molecule has 3 heteroatoms. The van der Waals surface area contributed by atoms with Crippen LogP contribution < -0.4 is 4.90 Å². The first kappa shape index (κ1) is 15.4. The normalized spacial score (nSPS) is 17.8. The summed E-state index contributed by atoms with van der Waals surface area (Å²) in [5.74, 6) is 0.853. The lowest BCUT2D eigenvalue weighted by atomic mass is 9.75. The van der Waals surface area contributed by atoms with E-state index in [9.17, 15) is 0 Å². The molecule has 0 radical (unpaired) electrons. The van der Waals surface area contributed by atoms with Gasteiger partial charge in [0.05, 0.1) is 0 Å². The lowest BCUT2D eigenvalue weighted by Gasteiger charge is -2.40. The average molecular weight is 389 g/mol. The highest BCUT2D eigenvalue weighted by Gasteiger charge is 2.29. The van der Waals surface area contributed by atoms with Crippen molar-refractivity contribution in [3.05, 3.63) is 28.2 Å². The molecule has 0 N–H and O–H groups in total. The van der Waals surface area contributed by atoms with Crippen LogP contribution in [-0.2, 0) is 5.33 Å². The molecule has 1 aliphatic rings. The van der Waals surface area contributed by atoms with Crippen LogP contribution in [0.15, 0.2) is 22.7 Å². The number of hydrogen-bond donors (Lipinski definition) is 0. The zero-order valence-corrected chi connectivity index (χ0v) is 15.2. The van der Waals surface area contributed by atoms with Gasteiger partial charge in [0.15, 0.2) is 0 Å². The van der Waals surface area contributed by atoms with Crippen LogP contribution in [-0.4, -0.2) is 13.1 Å². The Morgan fingerprint density at radius 3 is 2.37 bits per heavy atom. The zero-order valence-electron chi connectivity index (χ0n) is 12.0. The van der Waals surface area contributed by atoms with Gasteiger partial charge < -0.3 is 4.90 Å². The van der Waals surface area contributed by atoms with Gasteiger partial charge in [0.2, 0.25) is 0 Å². The fourth-order valence-corrected chi connectivity index (χ4v) is 3.81. The third-order valence-corrected chi connectivity index (χ3v) is 5.34. The molecule has 0 aromatic heterocycles. The van der Waals surface area contributed by atoms with E-state index in [2.05, 4.69) is 75.7 Å². The summed E-state index contributed by atoms with van der Waals surface area (Å²) in [6, 6.07) is 6.62. The second-order valence-electron chi connectivity index (χ2n) is 6.53. The van der Waals surface area contributed by atoms with Crippen LogP contribution in [0.25, 0.3) is 0 Å². The molecule has 1 aromatic carbocycles. The number of benzene rings is 1. The Labute approximate surface area is 134 Å². The molecule has 106 valence electrons. The second kappa shape index (κ2) is 6.17. The molecule has 0 bridgehead atoms. The Morgan fingerprint density at radius 1 is 1.21 bits per heavy atom. The van der Waals surface area contributed by atoms with E-state index >= 15 is 0 Å². The maximum Gasteiger partial charge on any atom is 0.0408 e. The second-order valence-corrected chi connectivity index (χ2v) is 8.01. The number of alkyl halides is 1. The number of piperidine rings is 1. The van der Waals surface area contributed by atoms with Gasteiger partial charge >= 0.3 is 0 Å². The zero-order chi connectivity index (χ0) is 14.0. The predicted octanol–water partition coefficient (Wildman–Crippen LogP) is 5.61. The van der Waals surface area contributed by atoms with Crippen LogP contribution >= 0.6 is 31.9 Å². The van der Waals surface area contributed by atoms with Crippen molar-refractivity contribution in [3.8, 4) is 0 Å². The van der Waals surface area contributed by atoms with E-state index in [0.29, 0.717) is 5.41 Å². The van der Waals surface area contributed by atoms with E-state index in [1.807, 2.05) is 0 Å². The molecule has 0 aliphatic carbocycles. The van der Waals surface area contributed by atoms with Crippen molar-refractivity contribution < 1.29 is 0 Å². The summed E-state index contributed by atoms with van der Waals surface area (Å²) >= 11 is 7.16. The van der Waals surface area contributed by atoms with Gasteiger partial charge in [-0.2, -0.15) is 0 Å². The highest BCUT2D eigenvalue weighted by Crippen LogP contribution is 2.36. The van der Waals surface area contributed by atoms with Gasteiger partial charge in [0.1, 0.15) is 0 Å². The lowest BCUT2D eigenvalue weighted by Crippen LogP contribution is -2.38. The summed E-state index contributed by atoms with van der Waals surface area (Å²) in [6.07, 6.45) is 2.61. The minimum Gasteiger partial charge on any atom is -0.371 e.